The number of nitrogens with zero attached hydrogens (tertiary/aromatic N) is 1. The van der Waals surface area contributed by atoms with Crippen molar-refractivity contribution in [3.63, 3.8) is 0 Å². The molecule has 0 spiro atoms. The maximum absolute atomic E-state index is 12.6. The molecule has 0 aliphatic carbocycles. The number of rotatable bonds is 8. The number of nitrogens with two attached hydrogens (primary N) is 1. The highest BCUT2D eigenvalue weighted by Crippen LogP contribution is 2.44. The van der Waals surface area contributed by atoms with Crippen LogP contribution < -0.4 is 28.0 Å². The van der Waals surface area contributed by atoms with E-state index < -0.39 is 12.0 Å². The minimum absolute atomic E-state index is 0. The lowest BCUT2D eigenvalue weighted by atomic mass is 9.94. The van der Waals surface area contributed by atoms with E-state index in [1.807, 2.05) is 51.1 Å². The van der Waals surface area contributed by atoms with E-state index in [9.17, 15) is 15.0 Å². The summed E-state index contributed by atoms with van der Waals surface area (Å²) in [5, 5.41) is 23.6. The number of esters is 1. The number of anilines is 1. The second kappa shape index (κ2) is 15.6. The summed E-state index contributed by atoms with van der Waals surface area (Å²) in [6, 6.07) is 14.5. The summed E-state index contributed by atoms with van der Waals surface area (Å²) >= 11 is 11.8. The average molecular weight is 690 g/mol. The van der Waals surface area contributed by atoms with Crippen LogP contribution in [0, 0.1) is 0 Å². The molecule has 3 unspecified atom stereocenters. The molecule has 42 heavy (non-hydrogen) atoms. The van der Waals surface area contributed by atoms with Crippen molar-refractivity contribution in [2.45, 2.75) is 102 Å². The Labute approximate surface area is 272 Å². The van der Waals surface area contributed by atoms with Crippen molar-refractivity contribution in [1.29, 1.82) is 0 Å². The summed E-state index contributed by atoms with van der Waals surface area (Å²) < 4.78 is 6.96. The lowest BCUT2D eigenvalue weighted by molar-refractivity contribution is -0.968. The van der Waals surface area contributed by atoms with Gasteiger partial charge in [0, 0.05) is 37.8 Å². The summed E-state index contributed by atoms with van der Waals surface area (Å²) in [5.74, 6) is -0.856. The number of aliphatic hydroxyl groups excluding tert-OH is 2. The van der Waals surface area contributed by atoms with Crippen molar-refractivity contribution in [1.82, 2.24) is 5.32 Å². The number of hydrogen-bond donors (Lipinski definition) is 4. The third-order valence-corrected chi connectivity index (χ3v) is 9.48. The van der Waals surface area contributed by atoms with Crippen molar-refractivity contribution in [2.75, 3.05) is 25.9 Å². The predicted molar refractivity (Wildman–Crippen MR) is 167 cm³/mol. The van der Waals surface area contributed by atoms with Gasteiger partial charge in [-0.2, -0.15) is 0 Å². The average Bonchev–Trinajstić information content (AvgIpc) is 3.07. The van der Waals surface area contributed by atoms with E-state index in [0.29, 0.717) is 46.0 Å². The SMILES string of the molecule is CC(C)(C)NCC(O)c1cc(Cl)c(N)c(Cl)c1.CC(C)[N+]1(C)[C@@H]2CC[C@H]1C[C@@H](OC(=O)C(CO)c1ccccc1)C2.[Br-]. The molecule has 5 N–H and O–H groups in total. The van der Waals surface area contributed by atoms with Crippen LogP contribution >= 0.6 is 23.2 Å². The molecule has 7 nitrogen and oxygen atoms in total. The summed E-state index contributed by atoms with van der Waals surface area (Å²) in [6.45, 7) is 10.9. The first-order chi connectivity index (χ1) is 19.2. The molecular formula is C32H48BrCl2N3O4. The molecule has 2 heterocycles. The van der Waals surface area contributed by atoms with Crippen LogP contribution in [-0.4, -0.2) is 70.6 Å². The molecule has 2 aliphatic heterocycles. The second-order valence-electron chi connectivity index (χ2n) is 12.9. The quantitative estimate of drug-likeness (QED) is 0.193. The fourth-order valence-electron chi connectivity index (χ4n) is 6.14. The van der Waals surface area contributed by atoms with Crippen LogP contribution in [0.2, 0.25) is 10.0 Å². The van der Waals surface area contributed by atoms with Gasteiger partial charge in [-0.3, -0.25) is 4.79 Å². The summed E-state index contributed by atoms with van der Waals surface area (Å²) in [6.07, 6.45) is 3.70. The number of hydrogen-bond acceptors (Lipinski definition) is 6. The monoisotopic (exact) mass is 687 g/mol. The topological polar surface area (TPSA) is 105 Å². The van der Waals surface area contributed by atoms with E-state index in [2.05, 4.69) is 26.2 Å². The van der Waals surface area contributed by atoms with E-state index in [1.54, 1.807) is 12.1 Å². The van der Waals surface area contributed by atoms with E-state index >= 15 is 0 Å². The first-order valence-corrected chi connectivity index (χ1v) is 15.3. The molecule has 0 aromatic heterocycles. The zero-order chi connectivity index (χ0) is 30.5. The first-order valence-electron chi connectivity index (χ1n) is 14.6. The Kier molecular flexibility index (Phi) is 13.6. The number of aliphatic hydroxyl groups is 2. The molecule has 6 atom stereocenters. The number of carbonyl (C=O) groups excluding carboxylic acids is 1. The highest BCUT2D eigenvalue weighted by molar-refractivity contribution is 6.38. The molecule has 0 saturated carbocycles. The Morgan fingerprint density at radius 2 is 1.60 bits per heavy atom. The standard InChI is InChI=1S/C20H30NO3.C12H18Cl2N2O.BrH/c1-14(2)21(3)16-9-10-17(21)12-18(11-16)24-20(23)19(13-22)15-7-5-4-6-8-15;1-12(2,3)16-6-10(17)7-4-8(13)11(15)9(14)5-7;/h4-8,14,16-19,22H,9-13H2,1-3H3;4-5,10,16-17H,6,15H2,1-3H3;1H/q+1;;/p-1/t16-,17+,18+,19?,21?;;. The van der Waals surface area contributed by atoms with Gasteiger partial charge in [0.1, 0.15) is 12.0 Å². The van der Waals surface area contributed by atoms with Gasteiger partial charge in [-0.15, -0.1) is 0 Å². The molecule has 2 bridgehead atoms. The zero-order valence-electron chi connectivity index (χ0n) is 25.6. The maximum Gasteiger partial charge on any atom is 0.316 e. The molecule has 2 saturated heterocycles. The Morgan fingerprint density at radius 1 is 1.07 bits per heavy atom. The Hall–Kier alpha value is -1.39. The van der Waals surface area contributed by atoms with Crippen LogP contribution in [0.3, 0.4) is 0 Å². The van der Waals surface area contributed by atoms with E-state index in [0.717, 1.165) is 22.9 Å². The van der Waals surface area contributed by atoms with Gasteiger partial charge in [-0.05, 0) is 57.9 Å². The molecule has 236 valence electrons. The van der Waals surface area contributed by atoms with E-state index in [4.69, 9.17) is 33.7 Å². The Balaban J connectivity index is 0.000000305. The first kappa shape index (κ1) is 36.8. The lowest BCUT2D eigenvalue weighted by Crippen LogP contribution is -3.00. The number of quaternary nitrogens is 1. The van der Waals surface area contributed by atoms with Crippen LogP contribution in [0.4, 0.5) is 5.69 Å². The highest BCUT2D eigenvalue weighted by atomic mass is 79.9. The van der Waals surface area contributed by atoms with Gasteiger partial charge >= 0.3 is 5.97 Å². The molecule has 0 amide bonds. The van der Waals surface area contributed by atoms with Crippen LogP contribution in [0.25, 0.3) is 0 Å². The van der Waals surface area contributed by atoms with Crippen molar-refractivity contribution in [3.05, 3.63) is 63.6 Å². The number of halogens is 3. The van der Waals surface area contributed by atoms with Crippen LogP contribution in [0.15, 0.2) is 42.5 Å². The second-order valence-corrected chi connectivity index (χ2v) is 13.7. The molecule has 2 fully saturated rings. The third kappa shape index (κ3) is 9.07. The van der Waals surface area contributed by atoms with Crippen molar-refractivity contribution >= 4 is 34.9 Å². The largest absolute Gasteiger partial charge is 1.00 e. The zero-order valence-corrected chi connectivity index (χ0v) is 28.7. The molecule has 2 aliphatic rings. The van der Waals surface area contributed by atoms with E-state index in [1.165, 1.54) is 12.8 Å². The fourth-order valence-corrected chi connectivity index (χ4v) is 6.64. The lowest BCUT2D eigenvalue weighted by Gasteiger charge is -2.49. The van der Waals surface area contributed by atoms with Gasteiger partial charge in [-0.1, -0.05) is 53.5 Å². The van der Waals surface area contributed by atoms with Crippen LogP contribution in [0.1, 0.15) is 83.5 Å². The minimum Gasteiger partial charge on any atom is -1.00 e. The summed E-state index contributed by atoms with van der Waals surface area (Å²) in [5.41, 5.74) is 7.40. The van der Waals surface area contributed by atoms with Crippen molar-refractivity contribution < 1.29 is 41.2 Å². The number of nitrogen functional groups attached to an aromatic ring is 1. The third-order valence-electron chi connectivity index (χ3n) is 8.85. The number of ether oxygens (including phenoxy) is 1. The van der Waals surface area contributed by atoms with Crippen LogP contribution in [-0.2, 0) is 9.53 Å². The normalized spacial score (nSPS) is 24.7. The smallest absolute Gasteiger partial charge is 0.316 e. The summed E-state index contributed by atoms with van der Waals surface area (Å²) in [7, 11) is 2.37. The van der Waals surface area contributed by atoms with Crippen molar-refractivity contribution in [2.24, 2.45) is 0 Å². The van der Waals surface area contributed by atoms with Gasteiger partial charge in [-0.25, -0.2) is 0 Å². The van der Waals surface area contributed by atoms with Crippen LogP contribution in [0.5, 0.6) is 0 Å². The number of piperidine rings is 1. The number of fused-ring (bicyclic) bond motifs is 2. The van der Waals surface area contributed by atoms with Gasteiger partial charge in [0.25, 0.3) is 0 Å². The molecule has 0 radical (unpaired) electrons. The molecule has 2 aromatic rings. The highest BCUT2D eigenvalue weighted by Gasteiger charge is 2.53. The number of nitrogens with one attached hydrogen (secondary N) is 1. The van der Waals surface area contributed by atoms with Crippen molar-refractivity contribution in [3.8, 4) is 0 Å². The maximum atomic E-state index is 12.6. The number of β-amino-alcohol motifs (C(OH)–C–C–N with tert-alkyl or cyclic N) is 1. The molecule has 10 heteroatoms. The number of benzene rings is 2. The summed E-state index contributed by atoms with van der Waals surface area (Å²) in [4.78, 5) is 12.6. The van der Waals surface area contributed by atoms with Gasteiger partial charge in [0.05, 0.1) is 53.6 Å². The molecule has 2 aromatic carbocycles. The van der Waals surface area contributed by atoms with E-state index in [-0.39, 0.29) is 41.2 Å². The minimum atomic E-state index is -0.662. The Bertz CT molecular complexity index is 1130. The van der Waals surface area contributed by atoms with Gasteiger partial charge in [0.2, 0.25) is 0 Å². The van der Waals surface area contributed by atoms with Gasteiger partial charge in [0.15, 0.2) is 0 Å². The fraction of sp³-hybridized carbons (Fsp3) is 0.594. The molecular weight excluding hydrogens is 641 g/mol. The molecule has 4 rings (SSSR count). The Morgan fingerprint density at radius 3 is 2.05 bits per heavy atom. The predicted octanol–water partition coefficient (Wildman–Crippen LogP) is 2.86. The van der Waals surface area contributed by atoms with Gasteiger partial charge < -0.3 is 47.5 Å². The number of carbonyl (C=O) groups is 1.